The van der Waals surface area contributed by atoms with E-state index in [4.69, 9.17) is 15.4 Å². The van der Waals surface area contributed by atoms with Crippen molar-refractivity contribution in [2.75, 3.05) is 0 Å². The van der Waals surface area contributed by atoms with Gasteiger partial charge in [0.25, 0.3) is 5.91 Å². The van der Waals surface area contributed by atoms with Gasteiger partial charge in [-0.3, -0.25) is 9.59 Å². The van der Waals surface area contributed by atoms with Gasteiger partial charge in [-0.25, -0.2) is 4.79 Å². The molecule has 8 heteroatoms. The van der Waals surface area contributed by atoms with E-state index in [9.17, 15) is 14.4 Å². The number of rotatable bonds is 7. The number of aliphatic carboxylic acids is 1. The lowest BCUT2D eigenvalue weighted by atomic mass is 10.0. The first-order chi connectivity index (χ1) is 9.73. The summed E-state index contributed by atoms with van der Waals surface area (Å²) in [6.07, 6.45) is -0.200. The Hall–Kier alpha value is -2.38. The van der Waals surface area contributed by atoms with E-state index in [0.29, 0.717) is 11.5 Å². The van der Waals surface area contributed by atoms with Crippen LogP contribution in [0.1, 0.15) is 54.4 Å². The van der Waals surface area contributed by atoms with Crippen LogP contribution in [0.4, 0.5) is 0 Å². The maximum absolute atomic E-state index is 12.2. The van der Waals surface area contributed by atoms with Crippen LogP contribution in [0.25, 0.3) is 0 Å². The van der Waals surface area contributed by atoms with Crippen molar-refractivity contribution in [1.82, 2.24) is 10.5 Å². The molecule has 0 fully saturated rings. The minimum atomic E-state index is -1.23. The molecule has 1 aromatic rings. The van der Waals surface area contributed by atoms with Crippen molar-refractivity contribution < 1.29 is 24.0 Å². The molecule has 2 amide bonds. The maximum atomic E-state index is 12.2. The molecule has 1 atom stereocenters. The zero-order chi connectivity index (χ0) is 16.2. The fraction of sp³-hybridized carbons (Fsp3) is 0.538. The summed E-state index contributed by atoms with van der Waals surface area (Å²) in [4.78, 5) is 34.1. The average molecular weight is 297 g/mol. The van der Waals surface area contributed by atoms with Gasteiger partial charge in [0.05, 0.1) is 5.69 Å². The Morgan fingerprint density at radius 1 is 1.38 bits per heavy atom. The monoisotopic (exact) mass is 297 g/mol. The van der Waals surface area contributed by atoms with Crippen molar-refractivity contribution in [3.05, 3.63) is 17.0 Å². The van der Waals surface area contributed by atoms with Gasteiger partial charge in [0.2, 0.25) is 5.91 Å². The lowest BCUT2D eigenvalue weighted by Crippen LogP contribution is -2.41. The molecule has 1 aromatic heterocycles. The number of carboxylic acids is 1. The van der Waals surface area contributed by atoms with Crippen LogP contribution < -0.4 is 11.1 Å². The third-order valence-electron chi connectivity index (χ3n) is 2.92. The molecule has 21 heavy (non-hydrogen) atoms. The SMILES string of the molecule is Cc1noc(C(C)C)c1C(=O)N[C@@H](CCC(N)=O)C(=O)O. The van der Waals surface area contributed by atoms with Crippen LogP contribution in [0.15, 0.2) is 4.52 Å². The van der Waals surface area contributed by atoms with Gasteiger partial charge in [-0.2, -0.15) is 0 Å². The highest BCUT2D eigenvalue weighted by molar-refractivity contribution is 5.98. The molecule has 0 unspecified atom stereocenters. The Bertz CT molecular complexity index is 550. The van der Waals surface area contributed by atoms with Crippen molar-refractivity contribution in [1.29, 1.82) is 0 Å². The molecular weight excluding hydrogens is 278 g/mol. The molecule has 8 nitrogen and oxygen atoms in total. The van der Waals surface area contributed by atoms with Crippen LogP contribution in [-0.2, 0) is 9.59 Å². The number of hydrogen-bond acceptors (Lipinski definition) is 5. The van der Waals surface area contributed by atoms with Gasteiger partial charge in [-0.1, -0.05) is 19.0 Å². The van der Waals surface area contributed by atoms with Crippen LogP contribution >= 0.6 is 0 Å². The van der Waals surface area contributed by atoms with Crippen molar-refractivity contribution in [3.63, 3.8) is 0 Å². The zero-order valence-corrected chi connectivity index (χ0v) is 12.2. The molecule has 0 aliphatic rings. The van der Waals surface area contributed by atoms with E-state index in [1.165, 1.54) is 0 Å². The number of hydrogen-bond donors (Lipinski definition) is 3. The van der Waals surface area contributed by atoms with E-state index in [0.717, 1.165) is 0 Å². The topological polar surface area (TPSA) is 136 Å². The normalized spacial score (nSPS) is 12.2. The van der Waals surface area contributed by atoms with Crippen molar-refractivity contribution in [2.24, 2.45) is 5.73 Å². The Kier molecular flexibility index (Phi) is 5.45. The van der Waals surface area contributed by atoms with Gasteiger partial charge in [-0.15, -0.1) is 0 Å². The van der Waals surface area contributed by atoms with Crippen LogP contribution in [-0.4, -0.2) is 34.1 Å². The average Bonchev–Trinajstić information content (AvgIpc) is 2.75. The van der Waals surface area contributed by atoms with Crippen LogP contribution in [0, 0.1) is 6.92 Å². The van der Waals surface area contributed by atoms with Crippen molar-refractivity contribution in [3.8, 4) is 0 Å². The number of nitrogens with two attached hydrogens (primary N) is 1. The predicted octanol–water partition coefficient (Wildman–Crippen LogP) is 0.555. The van der Waals surface area contributed by atoms with Crippen LogP contribution in [0.5, 0.6) is 0 Å². The fourth-order valence-corrected chi connectivity index (χ4v) is 1.83. The smallest absolute Gasteiger partial charge is 0.326 e. The van der Waals surface area contributed by atoms with Crippen LogP contribution in [0.3, 0.4) is 0 Å². The summed E-state index contributed by atoms with van der Waals surface area (Å²) in [5.41, 5.74) is 5.60. The predicted molar refractivity (Wildman–Crippen MR) is 72.6 cm³/mol. The zero-order valence-electron chi connectivity index (χ0n) is 12.2. The molecule has 0 radical (unpaired) electrons. The highest BCUT2D eigenvalue weighted by Gasteiger charge is 2.27. The summed E-state index contributed by atoms with van der Waals surface area (Å²) in [5, 5.41) is 15.2. The van der Waals surface area contributed by atoms with E-state index >= 15 is 0 Å². The van der Waals surface area contributed by atoms with Gasteiger partial charge in [-0.05, 0) is 13.3 Å². The number of aryl methyl sites for hydroxylation is 1. The summed E-state index contributed by atoms with van der Waals surface area (Å²) in [7, 11) is 0. The van der Waals surface area contributed by atoms with Crippen LogP contribution in [0.2, 0.25) is 0 Å². The minimum Gasteiger partial charge on any atom is -0.480 e. The molecule has 0 bridgehead atoms. The quantitative estimate of drug-likeness (QED) is 0.672. The Morgan fingerprint density at radius 2 is 2.00 bits per heavy atom. The number of carboxylic acid groups (broad SMARTS) is 1. The molecule has 0 spiro atoms. The summed E-state index contributed by atoms with van der Waals surface area (Å²) >= 11 is 0. The number of primary amides is 1. The van der Waals surface area contributed by atoms with Gasteiger partial charge in [0, 0.05) is 12.3 Å². The number of carbonyl (C=O) groups is 3. The molecule has 0 saturated carbocycles. The largest absolute Gasteiger partial charge is 0.480 e. The summed E-state index contributed by atoms with van der Waals surface area (Å²) < 4.78 is 5.09. The first kappa shape index (κ1) is 16.7. The second-order valence-electron chi connectivity index (χ2n) is 5.03. The minimum absolute atomic E-state index is 0.0687. The number of carbonyl (C=O) groups excluding carboxylic acids is 2. The number of aromatic nitrogens is 1. The lowest BCUT2D eigenvalue weighted by Gasteiger charge is -2.14. The van der Waals surface area contributed by atoms with Crippen molar-refractivity contribution >= 4 is 17.8 Å². The van der Waals surface area contributed by atoms with Gasteiger partial charge in [0.1, 0.15) is 11.6 Å². The highest BCUT2D eigenvalue weighted by atomic mass is 16.5. The van der Waals surface area contributed by atoms with E-state index in [-0.39, 0.29) is 24.3 Å². The molecule has 1 heterocycles. The Labute approximate surface area is 121 Å². The molecule has 1 rings (SSSR count). The fourth-order valence-electron chi connectivity index (χ4n) is 1.83. The van der Waals surface area contributed by atoms with E-state index in [2.05, 4.69) is 10.5 Å². The van der Waals surface area contributed by atoms with Gasteiger partial charge >= 0.3 is 5.97 Å². The molecule has 0 aromatic carbocycles. The molecular formula is C13H19N3O5. The van der Waals surface area contributed by atoms with E-state index in [1.54, 1.807) is 6.92 Å². The molecule has 4 N–H and O–H groups in total. The van der Waals surface area contributed by atoms with E-state index < -0.39 is 23.8 Å². The highest BCUT2D eigenvalue weighted by Crippen LogP contribution is 2.22. The third-order valence-corrected chi connectivity index (χ3v) is 2.92. The lowest BCUT2D eigenvalue weighted by molar-refractivity contribution is -0.139. The molecule has 0 saturated heterocycles. The second kappa shape index (κ2) is 6.87. The van der Waals surface area contributed by atoms with E-state index in [1.807, 2.05) is 13.8 Å². The standard InChI is InChI=1S/C13H19N3O5/c1-6(2)11-10(7(3)16-21-11)12(18)15-8(13(19)20)4-5-9(14)17/h6,8H,4-5H2,1-3H3,(H2,14,17)(H,15,18)(H,19,20)/t8-/m0/s1. The van der Waals surface area contributed by atoms with Gasteiger partial charge in [0.15, 0.2) is 5.76 Å². The summed E-state index contributed by atoms with van der Waals surface area (Å²) in [6, 6.07) is -1.20. The molecule has 116 valence electrons. The number of amides is 2. The summed E-state index contributed by atoms with van der Waals surface area (Å²) in [5.74, 6) is -2.12. The summed E-state index contributed by atoms with van der Waals surface area (Å²) in [6.45, 7) is 5.26. The Morgan fingerprint density at radius 3 is 2.48 bits per heavy atom. The number of nitrogens with one attached hydrogen (secondary N) is 1. The molecule has 0 aliphatic carbocycles. The second-order valence-corrected chi connectivity index (χ2v) is 5.03. The first-order valence-electron chi connectivity index (χ1n) is 6.52. The molecule has 0 aliphatic heterocycles. The maximum Gasteiger partial charge on any atom is 0.326 e. The third kappa shape index (κ3) is 4.30. The number of nitrogens with zero attached hydrogens (tertiary/aromatic N) is 1. The Balaban J connectivity index is 2.90. The van der Waals surface area contributed by atoms with Gasteiger partial charge < -0.3 is 20.7 Å². The first-order valence-corrected chi connectivity index (χ1v) is 6.52. The van der Waals surface area contributed by atoms with Crippen molar-refractivity contribution in [2.45, 2.75) is 45.6 Å².